The van der Waals surface area contributed by atoms with E-state index in [1.54, 1.807) is 0 Å². The number of hydrogen-bond donors (Lipinski definition) is 0. The van der Waals surface area contributed by atoms with Crippen LogP contribution in [0.15, 0.2) is 140 Å². The van der Waals surface area contributed by atoms with Crippen LogP contribution in [0, 0.1) is 0 Å². The van der Waals surface area contributed by atoms with Crippen molar-refractivity contribution in [2.45, 2.75) is 77.0 Å². The van der Waals surface area contributed by atoms with Crippen LogP contribution < -0.4 is 4.90 Å². The Kier molecular flexibility index (Phi) is 6.67. The summed E-state index contributed by atoms with van der Waals surface area (Å²) in [5.41, 5.74) is 14.2. The molecule has 0 saturated carbocycles. The molecule has 0 amide bonds. The van der Waals surface area contributed by atoms with E-state index in [9.17, 15) is 0 Å². The van der Waals surface area contributed by atoms with Crippen LogP contribution in [0.2, 0.25) is 0 Å². The fourth-order valence-electron chi connectivity index (χ4n) is 9.43. The van der Waals surface area contributed by atoms with E-state index >= 15 is 0 Å². The average Bonchev–Trinajstić information content (AvgIpc) is 3.13. The number of fused-ring (bicyclic) bond motifs is 10. The molecule has 0 bridgehead atoms. The molecule has 0 aromatic heterocycles. The summed E-state index contributed by atoms with van der Waals surface area (Å²) in [5, 5.41) is 5.34. The molecule has 0 saturated heterocycles. The van der Waals surface area contributed by atoms with Crippen LogP contribution in [0.25, 0.3) is 43.8 Å². The lowest BCUT2D eigenvalue weighted by Gasteiger charge is -2.49. The van der Waals surface area contributed by atoms with Crippen molar-refractivity contribution in [2.75, 3.05) is 4.90 Å². The summed E-state index contributed by atoms with van der Waals surface area (Å²) in [6.45, 7) is 19.5. The van der Waals surface area contributed by atoms with Crippen LogP contribution in [0.4, 0.5) is 17.1 Å². The topological polar surface area (TPSA) is 3.24 Å². The highest BCUT2D eigenvalue weighted by Gasteiger charge is 2.48. The molecule has 0 heterocycles. The van der Waals surface area contributed by atoms with Crippen LogP contribution in [0.1, 0.15) is 77.6 Å². The van der Waals surface area contributed by atoms with E-state index in [2.05, 4.69) is 200 Å². The summed E-state index contributed by atoms with van der Waals surface area (Å²) in [5.74, 6) is 0. The Labute approximate surface area is 303 Å². The molecule has 0 atom stereocenters. The first-order valence-corrected chi connectivity index (χ1v) is 18.5. The van der Waals surface area contributed by atoms with E-state index in [4.69, 9.17) is 0 Å². The van der Waals surface area contributed by atoms with E-state index < -0.39 is 0 Å². The maximum Gasteiger partial charge on any atom is 0.0465 e. The zero-order valence-electron chi connectivity index (χ0n) is 31.2. The molecule has 9 rings (SSSR count). The molecule has 0 radical (unpaired) electrons. The van der Waals surface area contributed by atoms with Gasteiger partial charge in [0.1, 0.15) is 0 Å². The second kappa shape index (κ2) is 10.7. The Morgan fingerprint density at radius 3 is 1.55 bits per heavy atom. The molecule has 0 fully saturated rings. The molecule has 1 nitrogen and oxygen atoms in total. The van der Waals surface area contributed by atoms with Gasteiger partial charge in [0.25, 0.3) is 0 Å². The quantitative estimate of drug-likeness (QED) is 0.170. The first kappa shape index (κ1) is 31.8. The fourth-order valence-corrected chi connectivity index (χ4v) is 9.43. The van der Waals surface area contributed by atoms with Gasteiger partial charge in [0.05, 0.1) is 0 Å². The lowest BCUT2D eigenvalue weighted by atomic mass is 9.54. The van der Waals surface area contributed by atoms with Crippen LogP contribution in [-0.4, -0.2) is 0 Å². The van der Waals surface area contributed by atoms with E-state index in [0.29, 0.717) is 0 Å². The molecule has 2 aliphatic carbocycles. The van der Waals surface area contributed by atoms with Gasteiger partial charge in [-0.05, 0) is 119 Å². The van der Waals surface area contributed by atoms with E-state index in [1.807, 2.05) is 0 Å². The maximum absolute atomic E-state index is 2.49. The number of nitrogens with zero attached hydrogens (tertiary/aromatic N) is 1. The molecule has 252 valence electrons. The minimum absolute atomic E-state index is 0.0306. The molecular formula is C50H47N. The normalized spacial score (nSPS) is 17.3. The third-order valence-electron chi connectivity index (χ3n) is 13.7. The molecule has 7 aromatic carbocycles. The van der Waals surface area contributed by atoms with Crippen molar-refractivity contribution in [1.29, 1.82) is 0 Å². The number of anilines is 3. The Morgan fingerprint density at radius 2 is 0.843 bits per heavy atom. The predicted octanol–water partition coefficient (Wildman–Crippen LogP) is 13.9. The Hall–Kier alpha value is -5.14. The second-order valence-electron chi connectivity index (χ2n) is 17.0. The third kappa shape index (κ3) is 4.27. The predicted molar refractivity (Wildman–Crippen MR) is 219 cm³/mol. The molecular weight excluding hydrogens is 615 g/mol. The first-order chi connectivity index (χ1) is 24.3. The molecule has 0 spiro atoms. The molecule has 7 aromatic rings. The summed E-state index contributed by atoms with van der Waals surface area (Å²) in [6, 6.07) is 52.5. The van der Waals surface area contributed by atoms with Gasteiger partial charge < -0.3 is 4.90 Å². The molecule has 51 heavy (non-hydrogen) atoms. The SMILES string of the molecule is CC1(C)c2ccccc2-c2ccc(N(c3ccccc3)c3ccc4c(c3)C(C)(C)C(C)(C)c3c-4ccc4ccc5ccccc5c34)cc2C1(C)C. The first-order valence-electron chi connectivity index (χ1n) is 18.5. The molecule has 0 unspecified atom stereocenters. The van der Waals surface area contributed by atoms with Gasteiger partial charge in [0.2, 0.25) is 0 Å². The number of hydrogen-bond acceptors (Lipinski definition) is 1. The van der Waals surface area contributed by atoms with Crippen molar-refractivity contribution >= 4 is 38.6 Å². The minimum atomic E-state index is -0.148. The van der Waals surface area contributed by atoms with Crippen molar-refractivity contribution in [3.8, 4) is 22.3 Å². The van der Waals surface area contributed by atoms with Crippen LogP contribution in [0.3, 0.4) is 0 Å². The van der Waals surface area contributed by atoms with Gasteiger partial charge in [-0.15, -0.1) is 0 Å². The lowest BCUT2D eigenvalue weighted by Crippen LogP contribution is -2.44. The monoisotopic (exact) mass is 661 g/mol. The summed E-state index contributed by atoms with van der Waals surface area (Å²) >= 11 is 0. The Balaban J connectivity index is 1.27. The average molecular weight is 662 g/mol. The lowest BCUT2D eigenvalue weighted by molar-refractivity contribution is 0.299. The van der Waals surface area contributed by atoms with Gasteiger partial charge in [-0.1, -0.05) is 159 Å². The van der Waals surface area contributed by atoms with Crippen LogP contribution >= 0.6 is 0 Å². The number of benzene rings is 7. The Morgan fingerprint density at radius 1 is 0.353 bits per heavy atom. The second-order valence-corrected chi connectivity index (χ2v) is 17.0. The highest BCUT2D eigenvalue weighted by molar-refractivity contribution is 6.12. The van der Waals surface area contributed by atoms with Crippen molar-refractivity contribution < 1.29 is 0 Å². The van der Waals surface area contributed by atoms with Gasteiger partial charge in [0.15, 0.2) is 0 Å². The van der Waals surface area contributed by atoms with Crippen LogP contribution in [-0.2, 0) is 21.7 Å². The van der Waals surface area contributed by atoms with Crippen molar-refractivity contribution in [3.63, 3.8) is 0 Å². The third-order valence-corrected chi connectivity index (χ3v) is 13.7. The zero-order valence-corrected chi connectivity index (χ0v) is 31.2. The largest absolute Gasteiger partial charge is 0.310 e. The van der Waals surface area contributed by atoms with E-state index in [0.717, 1.165) is 5.69 Å². The Bertz CT molecular complexity index is 2530. The molecule has 2 aliphatic rings. The standard InChI is InChI=1S/C50H47N/c1-47(2)42-21-15-14-20-38(42)39-28-25-35(30-43(39)48(47,3)4)51(34-17-10-9-11-18-34)36-26-29-40-41-27-24-33-23-22-32-16-12-13-19-37(32)45(33)46(41)50(7,8)49(5,6)44(40)31-36/h9-31H,1-8H3. The molecule has 1 heteroatoms. The van der Waals surface area contributed by atoms with Crippen molar-refractivity contribution in [1.82, 2.24) is 0 Å². The summed E-state index contributed by atoms with van der Waals surface area (Å²) in [7, 11) is 0. The van der Waals surface area contributed by atoms with Gasteiger partial charge in [-0.25, -0.2) is 0 Å². The highest BCUT2D eigenvalue weighted by atomic mass is 15.1. The summed E-state index contributed by atoms with van der Waals surface area (Å²) in [4.78, 5) is 2.47. The van der Waals surface area contributed by atoms with Gasteiger partial charge in [-0.2, -0.15) is 0 Å². The van der Waals surface area contributed by atoms with Crippen LogP contribution in [0.5, 0.6) is 0 Å². The fraction of sp³-hybridized carbons (Fsp3) is 0.240. The molecule has 0 N–H and O–H groups in total. The number of para-hydroxylation sites is 1. The van der Waals surface area contributed by atoms with Crippen molar-refractivity contribution in [3.05, 3.63) is 162 Å². The van der Waals surface area contributed by atoms with Crippen molar-refractivity contribution in [2.24, 2.45) is 0 Å². The smallest absolute Gasteiger partial charge is 0.0465 e. The minimum Gasteiger partial charge on any atom is -0.310 e. The van der Waals surface area contributed by atoms with E-state index in [1.165, 1.54) is 77.4 Å². The van der Waals surface area contributed by atoms with Gasteiger partial charge in [0, 0.05) is 22.5 Å². The molecule has 0 aliphatic heterocycles. The highest BCUT2D eigenvalue weighted by Crippen LogP contribution is 2.58. The van der Waals surface area contributed by atoms with Gasteiger partial charge in [-0.3, -0.25) is 0 Å². The van der Waals surface area contributed by atoms with E-state index in [-0.39, 0.29) is 21.7 Å². The maximum atomic E-state index is 2.49. The van der Waals surface area contributed by atoms with Gasteiger partial charge >= 0.3 is 0 Å². The zero-order chi connectivity index (χ0) is 35.5. The summed E-state index contributed by atoms with van der Waals surface area (Å²) in [6.07, 6.45) is 0. The number of rotatable bonds is 3. The summed E-state index contributed by atoms with van der Waals surface area (Å²) < 4.78 is 0.